The molecule has 0 unspecified atom stereocenters. The van der Waals surface area contributed by atoms with Crippen molar-refractivity contribution in [3.63, 3.8) is 0 Å². The van der Waals surface area contributed by atoms with Crippen LogP contribution in [0, 0.1) is 5.92 Å². The number of ether oxygens (including phenoxy) is 1. The maximum Gasteiger partial charge on any atom is 0.257 e. The molecule has 0 radical (unpaired) electrons. The van der Waals surface area contributed by atoms with Gasteiger partial charge >= 0.3 is 0 Å². The second kappa shape index (κ2) is 4.70. The lowest BCUT2D eigenvalue weighted by Gasteiger charge is -2.36. The van der Waals surface area contributed by atoms with Crippen LogP contribution in [0.5, 0.6) is 0 Å². The van der Waals surface area contributed by atoms with E-state index in [1.807, 2.05) is 4.90 Å². The van der Waals surface area contributed by atoms with Crippen LogP contribution in [-0.4, -0.2) is 37.1 Å². The molecule has 2 rings (SSSR count). The van der Waals surface area contributed by atoms with Gasteiger partial charge in [-0.1, -0.05) is 6.92 Å². The van der Waals surface area contributed by atoms with E-state index in [2.05, 4.69) is 6.92 Å². The molecular formula is C12H17NO3. The van der Waals surface area contributed by atoms with Crippen LogP contribution in [0.2, 0.25) is 0 Å². The highest BCUT2D eigenvalue weighted by Crippen LogP contribution is 2.21. The molecule has 1 amide bonds. The molecule has 1 aliphatic rings. The molecule has 0 saturated carbocycles. The summed E-state index contributed by atoms with van der Waals surface area (Å²) in [6.07, 6.45) is 4.14. The summed E-state index contributed by atoms with van der Waals surface area (Å²) in [5.74, 6) is 0.543. The Morgan fingerprint density at radius 3 is 3.06 bits per heavy atom. The Morgan fingerprint density at radius 1 is 1.62 bits per heavy atom. The third-order valence-electron chi connectivity index (χ3n) is 3.25. The molecule has 1 aromatic heterocycles. The third kappa shape index (κ3) is 2.11. The zero-order chi connectivity index (χ0) is 11.5. The van der Waals surface area contributed by atoms with E-state index in [1.165, 1.54) is 12.5 Å². The van der Waals surface area contributed by atoms with Gasteiger partial charge in [0.2, 0.25) is 0 Å². The zero-order valence-electron chi connectivity index (χ0n) is 9.68. The Bertz CT molecular complexity index is 347. The van der Waals surface area contributed by atoms with Crippen molar-refractivity contribution in [2.45, 2.75) is 19.4 Å². The van der Waals surface area contributed by atoms with Crippen molar-refractivity contribution in [1.29, 1.82) is 0 Å². The Labute approximate surface area is 95.2 Å². The van der Waals surface area contributed by atoms with Crippen molar-refractivity contribution < 1.29 is 13.9 Å². The molecule has 4 heteroatoms. The van der Waals surface area contributed by atoms with Crippen LogP contribution in [-0.2, 0) is 4.74 Å². The number of methoxy groups -OCH3 is 1. The molecule has 0 spiro atoms. The number of hydrogen-bond donors (Lipinski definition) is 0. The molecule has 1 saturated heterocycles. The molecule has 4 nitrogen and oxygen atoms in total. The van der Waals surface area contributed by atoms with Gasteiger partial charge in [0, 0.05) is 20.2 Å². The van der Waals surface area contributed by atoms with Crippen molar-refractivity contribution in [2.75, 3.05) is 20.2 Å². The average Bonchev–Trinajstić information content (AvgIpc) is 2.82. The van der Waals surface area contributed by atoms with E-state index in [0.717, 1.165) is 13.0 Å². The molecule has 0 aliphatic carbocycles. The van der Waals surface area contributed by atoms with E-state index >= 15 is 0 Å². The first-order valence-electron chi connectivity index (χ1n) is 5.56. The highest BCUT2D eigenvalue weighted by molar-refractivity contribution is 5.93. The minimum Gasteiger partial charge on any atom is -0.472 e. The van der Waals surface area contributed by atoms with E-state index in [1.54, 1.807) is 13.2 Å². The molecule has 16 heavy (non-hydrogen) atoms. The maximum atomic E-state index is 12.0. The van der Waals surface area contributed by atoms with Crippen LogP contribution in [0.15, 0.2) is 23.0 Å². The van der Waals surface area contributed by atoms with E-state index in [4.69, 9.17) is 9.15 Å². The molecule has 0 bridgehead atoms. The minimum absolute atomic E-state index is 0.0303. The third-order valence-corrected chi connectivity index (χ3v) is 3.25. The smallest absolute Gasteiger partial charge is 0.257 e. The lowest BCUT2D eigenvalue weighted by Crippen LogP contribution is -2.46. The molecule has 1 fully saturated rings. The Morgan fingerprint density at radius 2 is 2.44 bits per heavy atom. The molecular weight excluding hydrogens is 206 g/mol. The number of piperidine rings is 1. The SMILES string of the molecule is CO[C@@H]1CN(C(=O)c2ccoc2)CC[C@H]1C. The van der Waals surface area contributed by atoms with Gasteiger partial charge in [-0.2, -0.15) is 0 Å². The normalized spacial score (nSPS) is 25.8. The van der Waals surface area contributed by atoms with Crippen LogP contribution in [0.1, 0.15) is 23.7 Å². The molecule has 1 aliphatic heterocycles. The predicted molar refractivity (Wildman–Crippen MR) is 59.2 cm³/mol. The highest BCUT2D eigenvalue weighted by atomic mass is 16.5. The van der Waals surface area contributed by atoms with E-state index in [-0.39, 0.29) is 12.0 Å². The highest BCUT2D eigenvalue weighted by Gasteiger charge is 2.29. The largest absolute Gasteiger partial charge is 0.472 e. The summed E-state index contributed by atoms with van der Waals surface area (Å²) in [5.41, 5.74) is 0.615. The maximum absolute atomic E-state index is 12.0. The zero-order valence-corrected chi connectivity index (χ0v) is 9.68. The van der Waals surface area contributed by atoms with Gasteiger partial charge in [-0.3, -0.25) is 4.79 Å². The number of nitrogens with zero attached hydrogens (tertiary/aromatic N) is 1. The summed E-state index contributed by atoms with van der Waals surface area (Å²) in [7, 11) is 1.70. The summed E-state index contributed by atoms with van der Waals surface area (Å²) < 4.78 is 10.3. The average molecular weight is 223 g/mol. The van der Waals surface area contributed by atoms with Crippen molar-refractivity contribution in [2.24, 2.45) is 5.92 Å². The van der Waals surface area contributed by atoms with Gasteiger partial charge in [-0.15, -0.1) is 0 Å². The van der Waals surface area contributed by atoms with Crippen molar-refractivity contribution in [1.82, 2.24) is 4.90 Å². The van der Waals surface area contributed by atoms with E-state index < -0.39 is 0 Å². The number of carbonyl (C=O) groups excluding carboxylic acids is 1. The molecule has 1 aromatic rings. The second-order valence-electron chi connectivity index (χ2n) is 4.30. The number of likely N-dealkylation sites (tertiary alicyclic amines) is 1. The van der Waals surface area contributed by atoms with Gasteiger partial charge in [-0.05, 0) is 18.4 Å². The first kappa shape index (κ1) is 11.2. The van der Waals surface area contributed by atoms with Crippen LogP contribution >= 0.6 is 0 Å². The quantitative estimate of drug-likeness (QED) is 0.767. The molecule has 0 N–H and O–H groups in total. The lowest BCUT2D eigenvalue weighted by atomic mass is 9.95. The fourth-order valence-corrected chi connectivity index (χ4v) is 2.09. The van der Waals surface area contributed by atoms with E-state index in [9.17, 15) is 4.79 Å². The number of rotatable bonds is 2. The second-order valence-corrected chi connectivity index (χ2v) is 4.30. The number of carbonyl (C=O) groups is 1. The van der Waals surface area contributed by atoms with Crippen LogP contribution < -0.4 is 0 Å². The fourth-order valence-electron chi connectivity index (χ4n) is 2.09. The Hall–Kier alpha value is -1.29. The van der Waals surface area contributed by atoms with Gasteiger partial charge in [0.15, 0.2) is 0 Å². The molecule has 0 aromatic carbocycles. The van der Waals surface area contributed by atoms with Gasteiger partial charge < -0.3 is 14.1 Å². The summed E-state index contributed by atoms with van der Waals surface area (Å²) in [4.78, 5) is 13.9. The van der Waals surface area contributed by atoms with Crippen molar-refractivity contribution in [3.8, 4) is 0 Å². The van der Waals surface area contributed by atoms with Crippen LogP contribution in [0.3, 0.4) is 0 Å². The van der Waals surface area contributed by atoms with Crippen molar-refractivity contribution in [3.05, 3.63) is 24.2 Å². The lowest BCUT2D eigenvalue weighted by molar-refractivity contribution is -0.00158. The first-order valence-corrected chi connectivity index (χ1v) is 5.56. The van der Waals surface area contributed by atoms with Gasteiger partial charge in [0.1, 0.15) is 6.26 Å². The van der Waals surface area contributed by atoms with Gasteiger partial charge in [0.25, 0.3) is 5.91 Å². The first-order chi connectivity index (χ1) is 7.72. The molecule has 2 heterocycles. The van der Waals surface area contributed by atoms with E-state index in [0.29, 0.717) is 18.0 Å². The standard InChI is InChI=1S/C12H17NO3/c1-9-3-5-13(7-11(9)15-2)12(14)10-4-6-16-8-10/h4,6,8-9,11H,3,5,7H2,1-2H3/t9-,11-/m1/s1. The number of amides is 1. The summed E-state index contributed by atoms with van der Waals surface area (Å²) in [5, 5.41) is 0. The summed E-state index contributed by atoms with van der Waals surface area (Å²) in [6, 6.07) is 1.70. The topological polar surface area (TPSA) is 42.7 Å². The summed E-state index contributed by atoms with van der Waals surface area (Å²) in [6.45, 7) is 3.63. The monoisotopic (exact) mass is 223 g/mol. The Balaban J connectivity index is 2.03. The fraction of sp³-hybridized carbons (Fsp3) is 0.583. The van der Waals surface area contributed by atoms with Gasteiger partial charge in [0.05, 0.1) is 17.9 Å². The van der Waals surface area contributed by atoms with Gasteiger partial charge in [-0.25, -0.2) is 0 Å². The Kier molecular flexibility index (Phi) is 3.29. The minimum atomic E-state index is 0.0303. The molecule has 88 valence electrons. The number of furan rings is 1. The summed E-state index contributed by atoms with van der Waals surface area (Å²) >= 11 is 0. The number of hydrogen-bond acceptors (Lipinski definition) is 3. The van der Waals surface area contributed by atoms with Crippen LogP contribution in [0.4, 0.5) is 0 Å². The molecule has 2 atom stereocenters. The predicted octanol–water partition coefficient (Wildman–Crippen LogP) is 1.78. The van der Waals surface area contributed by atoms with Crippen LogP contribution in [0.25, 0.3) is 0 Å². The van der Waals surface area contributed by atoms with Crippen molar-refractivity contribution >= 4 is 5.91 Å².